The first-order chi connectivity index (χ1) is 9.15. The molecule has 0 spiro atoms. The zero-order valence-electron chi connectivity index (χ0n) is 11.3. The van der Waals surface area contributed by atoms with Gasteiger partial charge in [-0.05, 0) is 36.3 Å². The van der Waals surface area contributed by atoms with Crippen LogP contribution in [0, 0.1) is 12.8 Å². The zero-order valence-corrected chi connectivity index (χ0v) is 12.1. The van der Waals surface area contributed by atoms with E-state index in [1.165, 1.54) is 5.56 Å². The van der Waals surface area contributed by atoms with E-state index >= 15 is 0 Å². The summed E-state index contributed by atoms with van der Waals surface area (Å²) >= 11 is 1.69. The standard InChI is InChI=1S/C13H19N5S/c1-8-3-5-18(7-10(8)14)13-15-12(16-17-13)11-9(2)4-6-19-11/h4,6,8,10H,3,5,7,14H2,1-2H3,(H,15,16,17). The Kier molecular flexibility index (Phi) is 3.28. The van der Waals surface area contributed by atoms with Gasteiger partial charge in [-0.3, -0.25) is 5.10 Å². The number of hydrogen-bond acceptors (Lipinski definition) is 5. The van der Waals surface area contributed by atoms with Gasteiger partial charge in [0.2, 0.25) is 5.95 Å². The van der Waals surface area contributed by atoms with Crippen molar-refractivity contribution in [2.75, 3.05) is 18.0 Å². The topological polar surface area (TPSA) is 70.8 Å². The van der Waals surface area contributed by atoms with Crippen molar-refractivity contribution >= 4 is 17.3 Å². The van der Waals surface area contributed by atoms with Gasteiger partial charge in [0.15, 0.2) is 5.82 Å². The Bertz CT molecular complexity index is 561. The number of H-pyrrole nitrogens is 1. The van der Waals surface area contributed by atoms with Crippen LogP contribution in [-0.4, -0.2) is 34.3 Å². The van der Waals surface area contributed by atoms with E-state index in [1.54, 1.807) is 11.3 Å². The molecule has 0 amide bonds. The molecule has 2 aromatic heterocycles. The van der Waals surface area contributed by atoms with E-state index in [0.29, 0.717) is 5.92 Å². The van der Waals surface area contributed by atoms with Gasteiger partial charge >= 0.3 is 0 Å². The molecule has 0 radical (unpaired) electrons. The van der Waals surface area contributed by atoms with Crippen molar-refractivity contribution in [3.05, 3.63) is 17.0 Å². The van der Waals surface area contributed by atoms with E-state index in [9.17, 15) is 0 Å². The molecule has 0 bridgehead atoms. The van der Waals surface area contributed by atoms with Gasteiger partial charge in [0.1, 0.15) is 0 Å². The SMILES string of the molecule is Cc1ccsc1-c1nc(N2CCC(C)C(N)C2)n[nH]1. The first kappa shape index (κ1) is 12.6. The summed E-state index contributed by atoms with van der Waals surface area (Å²) < 4.78 is 0. The first-order valence-corrected chi connectivity index (χ1v) is 7.50. The van der Waals surface area contributed by atoms with Gasteiger partial charge in [0, 0.05) is 19.1 Å². The van der Waals surface area contributed by atoms with Gasteiger partial charge < -0.3 is 10.6 Å². The lowest BCUT2D eigenvalue weighted by molar-refractivity contribution is 0.376. The first-order valence-electron chi connectivity index (χ1n) is 6.62. The van der Waals surface area contributed by atoms with Crippen LogP contribution in [0.3, 0.4) is 0 Å². The van der Waals surface area contributed by atoms with Crippen LogP contribution in [0.4, 0.5) is 5.95 Å². The predicted octanol–water partition coefficient (Wildman–Crippen LogP) is 2.02. The van der Waals surface area contributed by atoms with E-state index in [4.69, 9.17) is 5.73 Å². The van der Waals surface area contributed by atoms with Crippen molar-refractivity contribution in [1.29, 1.82) is 0 Å². The van der Waals surface area contributed by atoms with E-state index in [2.05, 4.69) is 45.4 Å². The second-order valence-electron chi connectivity index (χ2n) is 5.29. The summed E-state index contributed by atoms with van der Waals surface area (Å²) in [5.41, 5.74) is 7.36. The van der Waals surface area contributed by atoms with Crippen LogP contribution in [-0.2, 0) is 0 Å². The summed E-state index contributed by atoms with van der Waals surface area (Å²) in [5, 5.41) is 9.45. The highest BCUT2D eigenvalue weighted by Gasteiger charge is 2.25. The van der Waals surface area contributed by atoms with Crippen molar-refractivity contribution in [2.45, 2.75) is 26.3 Å². The van der Waals surface area contributed by atoms with Crippen LogP contribution >= 0.6 is 11.3 Å². The maximum Gasteiger partial charge on any atom is 0.245 e. The van der Waals surface area contributed by atoms with Crippen molar-refractivity contribution in [3.8, 4) is 10.7 Å². The van der Waals surface area contributed by atoms with Crippen molar-refractivity contribution in [2.24, 2.45) is 11.7 Å². The highest BCUT2D eigenvalue weighted by atomic mass is 32.1. The Morgan fingerprint density at radius 1 is 1.53 bits per heavy atom. The van der Waals surface area contributed by atoms with E-state index in [0.717, 1.165) is 36.2 Å². The van der Waals surface area contributed by atoms with E-state index in [1.807, 2.05) is 0 Å². The van der Waals surface area contributed by atoms with Gasteiger partial charge in [-0.25, -0.2) is 0 Å². The Hall–Kier alpha value is -1.40. The van der Waals surface area contributed by atoms with Crippen LogP contribution in [0.2, 0.25) is 0 Å². The predicted molar refractivity (Wildman–Crippen MR) is 78.4 cm³/mol. The van der Waals surface area contributed by atoms with Crippen LogP contribution in [0.1, 0.15) is 18.9 Å². The molecule has 1 saturated heterocycles. The van der Waals surface area contributed by atoms with Crippen LogP contribution < -0.4 is 10.6 Å². The Morgan fingerprint density at radius 3 is 3.05 bits per heavy atom. The van der Waals surface area contributed by atoms with Crippen molar-refractivity contribution in [3.63, 3.8) is 0 Å². The quantitative estimate of drug-likeness (QED) is 0.881. The molecular weight excluding hydrogens is 258 g/mol. The summed E-state index contributed by atoms with van der Waals surface area (Å²) in [6, 6.07) is 2.31. The number of piperidine rings is 1. The molecule has 0 saturated carbocycles. The lowest BCUT2D eigenvalue weighted by atomic mass is 9.95. The number of aromatic nitrogens is 3. The number of rotatable bonds is 2. The molecule has 1 aliphatic heterocycles. The number of aromatic amines is 1. The lowest BCUT2D eigenvalue weighted by Gasteiger charge is -2.34. The third-order valence-corrected chi connectivity index (χ3v) is 4.87. The number of nitrogens with zero attached hydrogens (tertiary/aromatic N) is 3. The molecule has 102 valence electrons. The summed E-state index contributed by atoms with van der Waals surface area (Å²) in [5.74, 6) is 2.20. The summed E-state index contributed by atoms with van der Waals surface area (Å²) in [4.78, 5) is 7.95. The van der Waals surface area contributed by atoms with Gasteiger partial charge in [0.25, 0.3) is 0 Å². The lowest BCUT2D eigenvalue weighted by Crippen LogP contribution is -2.48. The summed E-state index contributed by atoms with van der Waals surface area (Å²) in [6.07, 6.45) is 1.10. The Labute approximate surface area is 116 Å². The fourth-order valence-corrected chi connectivity index (χ4v) is 3.26. The minimum Gasteiger partial charge on any atom is -0.338 e. The average molecular weight is 277 g/mol. The molecule has 3 heterocycles. The molecule has 1 fully saturated rings. The highest BCUT2D eigenvalue weighted by Crippen LogP contribution is 2.28. The van der Waals surface area contributed by atoms with Gasteiger partial charge in [-0.15, -0.1) is 16.4 Å². The Balaban J connectivity index is 1.80. The highest BCUT2D eigenvalue weighted by molar-refractivity contribution is 7.13. The van der Waals surface area contributed by atoms with E-state index in [-0.39, 0.29) is 6.04 Å². The minimum absolute atomic E-state index is 0.208. The molecular formula is C13H19N5S. The maximum atomic E-state index is 6.13. The average Bonchev–Trinajstić information content (AvgIpc) is 3.01. The molecule has 2 aromatic rings. The molecule has 3 rings (SSSR count). The second kappa shape index (κ2) is 4.94. The van der Waals surface area contributed by atoms with Crippen molar-refractivity contribution < 1.29 is 0 Å². The smallest absolute Gasteiger partial charge is 0.245 e. The molecule has 5 nitrogen and oxygen atoms in total. The fraction of sp³-hybridized carbons (Fsp3) is 0.538. The van der Waals surface area contributed by atoms with Crippen molar-refractivity contribution in [1.82, 2.24) is 15.2 Å². The Morgan fingerprint density at radius 2 is 2.37 bits per heavy atom. The molecule has 0 aromatic carbocycles. The normalized spacial score (nSPS) is 23.8. The molecule has 3 N–H and O–H groups in total. The second-order valence-corrected chi connectivity index (χ2v) is 6.21. The third-order valence-electron chi connectivity index (χ3n) is 3.85. The summed E-state index contributed by atoms with van der Waals surface area (Å²) in [6.45, 7) is 6.12. The van der Waals surface area contributed by atoms with Gasteiger partial charge in [0.05, 0.1) is 4.88 Å². The van der Waals surface area contributed by atoms with Crippen LogP contribution in [0.15, 0.2) is 11.4 Å². The number of nitrogens with one attached hydrogen (secondary N) is 1. The fourth-order valence-electron chi connectivity index (χ4n) is 2.39. The third kappa shape index (κ3) is 2.37. The molecule has 0 aliphatic carbocycles. The molecule has 2 unspecified atom stereocenters. The monoisotopic (exact) mass is 277 g/mol. The number of aryl methyl sites for hydroxylation is 1. The maximum absolute atomic E-state index is 6.13. The molecule has 19 heavy (non-hydrogen) atoms. The van der Waals surface area contributed by atoms with Gasteiger partial charge in [-0.2, -0.15) is 4.98 Å². The minimum atomic E-state index is 0.208. The largest absolute Gasteiger partial charge is 0.338 e. The van der Waals surface area contributed by atoms with E-state index < -0.39 is 0 Å². The molecule has 1 aliphatic rings. The number of anilines is 1. The zero-order chi connectivity index (χ0) is 13.4. The molecule has 6 heteroatoms. The number of hydrogen-bond donors (Lipinski definition) is 2. The molecule has 2 atom stereocenters. The summed E-state index contributed by atoms with van der Waals surface area (Å²) in [7, 11) is 0. The number of thiophene rings is 1. The van der Waals surface area contributed by atoms with Crippen LogP contribution in [0.25, 0.3) is 10.7 Å². The number of nitrogens with two attached hydrogens (primary N) is 1. The van der Waals surface area contributed by atoms with Crippen LogP contribution in [0.5, 0.6) is 0 Å². The van der Waals surface area contributed by atoms with Gasteiger partial charge in [-0.1, -0.05) is 6.92 Å².